The van der Waals surface area contributed by atoms with Gasteiger partial charge in [0.2, 0.25) is 0 Å². The summed E-state index contributed by atoms with van der Waals surface area (Å²) in [5.74, 6) is 0.956. The molecule has 1 saturated heterocycles. The first-order valence-corrected chi connectivity index (χ1v) is 25.5. The summed E-state index contributed by atoms with van der Waals surface area (Å²) in [5, 5.41) is 16.9. The van der Waals surface area contributed by atoms with Gasteiger partial charge < -0.3 is 25.2 Å². The number of carboxylic acid groups (broad SMARTS) is 1. The number of carbonyl (C=O) groups is 3. The van der Waals surface area contributed by atoms with Crippen LogP contribution in [-0.2, 0) is 28.9 Å². The number of carbonyl (C=O) groups excluding carboxylic acids is 2. The Balaban J connectivity index is 1.07. The summed E-state index contributed by atoms with van der Waals surface area (Å²) >= 11 is 0. The second-order valence-corrected chi connectivity index (χ2v) is 25.1. The maximum Gasteiger partial charge on any atom is 0.407 e. The van der Waals surface area contributed by atoms with Gasteiger partial charge in [-0.15, -0.1) is 0 Å². The molecule has 12 heteroatoms. The maximum absolute atomic E-state index is 13.7. The van der Waals surface area contributed by atoms with Crippen molar-refractivity contribution in [3.63, 3.8) is 0 Å². The number of hydrogen-bond acceptors (Lipinski definition) is 9. The van der Waals surface area contributed by atoms with Gasteiger partial charge in [0.05, 0.1) is 29.9 Å². The van der Waals surface area contributed by atoms with Crippen molar-refractivity contribution in [1.82, 2.24) is 15.5 Å². The molecule has 0 unspecified atom stereocenters. The molecule has 340 valence electrons. The predicted octanol–water partition coefficient (Wildman–Crippen LogP) is 7.88. The molecular weight excluding hydrogens is 779 g/mol. The number of allylic oxidation sites excluding steroid dienone is 1. The SMILES string of the molecule is C=C(C)[C@@H]1CC[C@]2(NCC[C@H](CNC(=O)OCC)N3CCS(=O)(=O)CC3)CC[C@]3(C)[C@H](CC[C@@H]4[C@@]5(C)CC[C@H](OC(=O)[C@H]6C[C@@H](C(=O)O)C6(C)C)C(C)(C)[C@@H]5CC[C@]43C)[C@@H]12. The van der Waals surface area contributed by atoms with Crippen molar-refractivity contribution in [3.8, 4) is 0 Å². The van der Waals surface area contributed by atoms with Crippen LogP contribution in [0.25, 0.3) is 0 Å². The fraction of sp³-hybridized carbons (Fsp3) is 0.896. The smallest absolute Gasteiger partial charge is 0.407 e. The van der Waals surface area contributed by atoms with E-state index in [0.29, 0.717) is 62.3 Å². The van der Waals surface area contributed by atoms with Crippen LogP contribution in [0.2, 0.25) is 0 Å². The Kier molecular flexibility index (Phi) is 12.3. The number of esters is 1. The minimum Gasteiger partial charge on any atom is -0.481 e. The Morgan fingerprint density at radius 2 is 1.55 bits per heavy atom. The third-order valence-electron chi connectivity index (χ3n) is 19.7. The van der Waals surface area contributed by atoms with E-state index >= 15 is 0 Å². The Morgan fingerprint density at radius 1 is 0.850 bits per heavy atom. The second-order valence-electron chi connectivity index (χ2n) is 22.8. The van der Waals surface area contributed by atoms with Gasteiger partial charge in [0, 0.05) is 36.6 Å². The van der Waals surface area contributed by atoms with Crippen molar-refractivity contribution < 1.29 is 37.4 Å². The van der Waals surface area contributed by atoms with Crippen LogP contribution < -0.4 is 10.6 Å². The third kappa shape index (κ3) is 7.47. The Morgan fingerprint density at radius 3 is 2.18 bits per heavy atom. The molecule has 11 nitrogen and oxygen atoms in total. The number of nitrogens with one attached hydrogen (secondary N) is 2. The lowest BCUT2D eigenvalue weighted by atomic mass is 9.32. The highest BCUT2D eigenvalue weighted by molar-refractivity contribution is 7.91. The summed E-state index contributed by atoms with van der Waals surface area (Å²) in [6, 6.07) is 0.0157. The molecule has 1 amide bonds. The molecular formula is C48H79N3O8S. The standard InChI is InChI=1S/C48H79N3O8S/c1-11-58-42(55)49-29-31(51-24-26-60(56,57)27-25-51)17-23-50-48-20-14-32(30(2)3)39(48)33-12-13-37-45(8)18-16-38(59-41(54)35-28-34(40(52)53)43(35,4)5)44(6,7)36(45)15-19-47(37,10)46(33,9)21-22-48/h31-39,50H,2,11-29H2,1,3-10H3,(H,49,55)(H,52,53)/t31-,32+,33-,34+,35-,36+,37-,38+,39-,45+,46-,47-,48+/m1/s1. The molecule has 1 heterocycles. The highest BCUT2D eigenvalue weighted by Gasteiger charge is 2.71. The van der Waals surface area contributed by atoms with Crippen LogP contribution in [0.5, 0.6) is 0 Å². The zero-order chi connectivity index (χ0) is 43.8. The molecule has 60 heavy (non-hydrogen) atoms. The third-order valence-corrected chi connectivity index (χ3v) is 21.3. The number of sulfone groups is 1. The number of fused-ring (bicyclic) bond motifs is 7. The second kappa shape index (κ2) is 16.1. The highest BCUT2D eigenvalue weighted by atomic mass is 32.2. The van der Waals surface area contributed by atoms with E-state index in [2.05, 4.69) is 63.7 Å². The van der Waals surface area contributed by atoms with Crippen molar-refractivity contribution in [2.24, 2.45) is 68.5 Å². The first kappa shape index (κ1) is 45.8. The van der Waals surface area contributed by atoms with Crippen LogP contribution in [-0.4, -0.2) is 98.4 Å². The summed E-state index contributed by atoms with van der Waals surface area (Å²) in [5.41, 5.74) is 1.02. The van der Waals surface area contributed by atoms with Crippen LogP contribution in [0, 0.1) is 68.5 Å². The monoisotopic (exact) mass is 858 g/mol. The summed E-state index contributed by atoms with van der Waals surface area (Å²) in [7, 11) is -3.03. The molecule has 7 rings (SSSR count). The maximum atomic E-state index is 13.7. The van der Waals surface area contributed by atoms with Gasteiger partial charge in [-0.05, 0) is 149 Å². The molecule has 6 aliphatic carbocycles. The van der Waals surface area contributed by atoms with Crippen molar-refractivity contribution >= 4 is 27.9 Å². The van der Waals surface area contributed by atoms with Gasteiger partial charge in [0.25, 0.3) is 0 Å². The predicted molar refractivity (Wildman–Crippen MR) is 234 cm³/mol. The average Bonchev–Trinajstić information content (AvgIpc) is 3.54. The van der Waals surface area contributed by atoms with E-state index in [1.165, 1.54) is 31.3 Å². The molecule has 6 saturated carbocycles. The fourth-order valence-corrected chi connectivity index (χ4v) is 17.2. The fourth-order valence-electron chi connectivity index (χ4n) is 16.0. The van der Waals surface area contributed by atoms with Crippen molar-refractivity contribution in [3.05, 3.63) is 12.2 Å². The number of amides is 1. The number of nitrogens with zero attached hydrogens (tertiary/aromatic N) is 1. The lowest BCUT2D eigenvalue weighted by Gasteiger charge is -2.73. The molecule has 0 aromatic rings. The van der Waals surface area contributed by atoms with E-state index in [9.17, 15) is 27.9 Å². The molecule has 7 aliphatic rings. The van der Waals surface area contributed by atoms with E-state index < -0.39 is 33.2 Å². The Hall–Kier alpha value is -2.18. The largest absolute Gasteiger partial charge is 0.481 e. The van der Waals surface area contributed by atoms with Gasteiger partial charge in [0.15, 0.2) is 9.84 Å². The van der Waals surface area contributed by atoms with E-state index in [0.717, 1.165) is 51.5 Å². The van der Waals surface area contributed by atoms with Gasteiger partial charge >= 0.3 is 18.0 Å². The zero-order valence-electron chi connectivity index (χ0n) is 38.5. The molecule has 7 fully saturated rings. The van der Waals surface area contributed by atoms with Crippen molar-refractivity contribution in [1.29, 1.82) is 0 Å². The van der Waals surface area contributed by atoms with Crippen molar-refractivity contribution in [2.75, 3.05) is 44.3 Å². The van der Waals surface area contributed by atoms with Crippen LogP contribution in [0.3, 0.4) is 0 Å². The quantitative estimate of drug-likeness (QED) is 0.131. The topological polar surface area (TPSA) is 151 Å². The van der Waals surface area contributed by atoms with Gasteiger partial charge in [-0.2, -0.15) is 0 Å². The van der Waals surface area contributed by atoms with E-state index in [1.807, 2.05) is 13.8 Å². The van der Waals surface area contributed by atoms with Gasteiger partial charge in [0.1, 0.15) is 6.10 Å². The molecule has 13 atom stereocenters. The molecule has 0 bridgehead atoms. The first-order chi connectivity index (χ1) is 28.0. The zero-order valence-corrected chi connectivity index (χ0v) is 39.3. The van der Waals surface area contributed by atoms with Crippen molar-refractivity contribution in [2.45, 2.75) is 157 Å². The van der Waals surface area contributed by atoms with Crippen LogP contribution in [0.1, 0.15) is 139 Å². The molecule has 0 radical (unpaired) electrons. The number of aliphatic carboxylic acids is 1. The molecule has 0 aromatic carbocycles. The van der Waals surface area contributed by atoms with E-state index in [4.69, 9.17) is 9.47 Å². The van der Waals surface area contributed by atoms with E-state index in [1.54, 1.807) is 6.92 Å². The first-order valence-electron chi connectivity index (χ1n) is 23.7. The van der Waals surface area contributed by atoms with Crippen LogP contribution in [0.4, 0.5) is 4.79 Å². The average molecular weight is 858 g/mol. The summed E-state index contributed by atoms with van der Waals surface area (Å²) in [6.07, 6.45) is 11.8. The number of hydrogen-bond donors (Lipinski definition) is 3. The summed E-state index contributed by atoms with van der Waals surface area (Å²) < 4.78 is 36.3. The minimum absolute atomic E-state index is 0.0157. The lowest BCUT2D eigenvalue weighted by molar-refractivity contribution is -0.248. The van der Waals surface area contributed by atoms with Gasteiger partial charge in [-0.1, -0.05) is 60.6 Å². The number of carboxylic acids is 1. The normalized spacial score (nSPS) is 43.1. The molecule has 0 aromatic heterocycles. The summed E-state index contributed by atoms with van der Waals surface area (Å²) in [4.78, 5) is 40.1. The van der Waals surface area contributed by atoms with Gasteiger partial charge in [-0.3, -0.25) is 14.5 Å². The van der Waals surface area contributed by atoms with E-state index in [-0.39, 0.29) is 62.7 Å². The minimum atomic E-state index is -3.03. The molecule has 0 spiro atoms. The Bertz CT molecular complexity index is 1790. The van der Waals surface area contributed by atoms with Crippen LogP contribution in [0.15, 0.2) is 12.2 Å². The Labute approximate surface area is 361 Å². The van der Waals surface area contributed by atoms with Crippen LogP contribution >= 0.6 is 0 Å². The number of rotatable bonds is 12. The number of ether oxygens (including phenoxy) is 2. The molecule has 1 aliphatic heterocycles. The lowest BCUT2D eigenvalue weighted by Crippen LogP contribution is -2.69. The van der Waals surface area contributed by atoms with Gasteiger partial charge in [-0.25, -0.2) is 13.2 Å². The molecule has 3 N–H and O–H groups in total. The highest BCUT2D eigenvalue weighted by Crippen LogP contribution is 2.76. The number of alkyl carbamates (subject to hydrolysis) is 1. The summed E-state index contributed by atoms with van der Waals surface area (Å²) in [6.45, 7) is 27.6.